The number of aliphatic hydroxyl groups is 2. The predicted molar refractivity (Wildman–Crippen MR) is 93.8 cm³/mol. The number of hydrogen-bond acceptors (Lipinski definition) is 4. The summed E-state index contributed by atoms with van der Waals surface area (Å²) in [6.45, 7) is 5.88. The van der Waals surface area contributed by atoms with E-state index in [9.17, 15) is 19.8 Å². The second kappa shape index (κ2) is 5.39. The standard InChI is InChI=1S/C21H32O4/c1-19-9-8-13(22)10-12(19)4-5-14-15-6-7-17(24)21(3,25)20(15,2)11-16(23)18(14)19/h12-15,18,22,25H,4-11H2,1-3H3. The molecule has 4 fully saturated rings. The second-order valence-electron chi connectivity index (χ2n) is 10.1. The van der Waals surface area contributed by atoms with E-state index in [1.165, 1.54) is 0 Å². The second-order valence-corrected chi connectivity index (χ2v) is 10.1. The van der Waals surface area contributed by atoms with Gasteiger partial charge in [0.1, 0.15) is 11.4 Å². The highest BCUT2D eigenvalue weighted by Gasteiger charge is 2.66. The maximum Gasteiger partial charge on any atom is 0.164 e. The van der Waals surface area contributed by atoms with Gasteiger partial charge < -0.3 is 10.2 Å². The number of aliphatic hydroxyl groups excluding tert-OH is 1. The number of hydrogen-bond donors (Lipinski definition) is 2. The zero-order chi connectivity index (χ0) is 18.2. The average Bonchev–Trinajstić information content (AvgIpc) is 2.52. The van der Waals surface area contributed by atoms with Crippen molar-refractivity contribution in [3.8, 4) is 0 Å². The molecule has 4 nitrogen and oxygen atoms in total. The van der Waals surface area contributed by atoms with E-state index >= 15 is 0 Å². The number of Topliss-reactive ketones (excluding diaryl/α,β-unsaturated/α-hetero) is 2. The summed E-state index contributed by atoms with van der Waals surface area (Å²) in [6, 6.07) is 0. The van der Waals surface area contributed by atoms with E-state index in [0.717, 1.165) is 38.5 Å². The number of rotatable bonds is 0. The summed E-state index contributed by atoms with van der Waals surface area (Å²) < 4.78 is 0. The van der Waals surface area contributed by atoms with Crippen molar-refractivity contribution in [3.63, 3.8) is 0 Å². The molecule has 0 bridgehead atoms. The summed E-state index contributed by atoms with van der Waals surface area (Å²) in [4.78, 5) is 25.7. The molecule has 0 aromatic heterocycles. The topological polar surface area (TPSA) is 74.6 Å². The normalized spacial score (nSPS) is 56.0. The fourth-order valence-corrected chi connectivity index (χ4v) is 7.33. The van der Waals surface area contributed by atoms with Crippen LogP contribution in [0.15, 0.2) is 0 Å². The van der Waals surface area contributed by atoms with Crippen molar-refractivity contribution in [2.24, 2.45) is 34.5 Å². The summed E-state index contributed by atoms with van der Waals surface area (Å²) in [5, 5.41) is 21.1. The molecule has 0 aliphatic heterocycles. The van der Waals surface area contributed by atoms with Crippen LogP contribution in [0.5, 0.6) is 0 Å². The smallest absolute Gasteiger partial charge is 0.164 e. The van der Waals surface area contributed by atoms with Crippen LogP contribution in [-0.4, -0.2) is 33.5 Å². The van der Waals surface area contributed by atoms with Crippen LogP contribution in [0, 0.1) is 34.5 Å². The Morgan fingerprint density at radius 3 is 2.48 bits per heavy atom. The molecule has 140 valence electrons. The van der Waals surface area contributed by atoms with Gasteiger partial charge in [0.15, 0.2) is 5.78 Å². The SMILES string of the molecule is CC12CCC(O)CC1CCC1C2C(=O)CC2(C)C1CCC(=O)C2(C)O. The average molecular weight is 348 g/mol. The molecule has 2 N–H and O–H groups in total. The lowest BCUT2D eigenvalue weighted by molar-refractivity contribution is -0.199. The van der Waals surface area contributed by atoms with Crippen LogP contribution >= 0.6 is 0 Å². The van der Waals surface area contributed by atoms with Gasteiger partial charge in [0.2, 0.25) is 0 Å². The molecule has 0 saturated heterocycles. The number of carbonyl (C=O) groups is 2. The van der Waals surface area contributed by atoms with Gasteiger partial charge in [-0.25, -0.2) is 0 Å². The first-order valence-electron chi connectivity index (χ1n) is 10.1. The van der Waals surface area contributed by atoms with Crippen molar-refractivity contribution in [1.82, 2.24) is 0 Å². The van der Waals surface area contributed by atoms with E-state index < -0.39 is 11.0 Å². The monoisotopic (exact) mass is 348 g/mol. The highest BCUT2D eigenvalue weighted by atomic mass is 16.3. The van der Waals surface area contributed by atoms with Gasteiger partial charge in [-0.15, -0.1) is 0 Å². The molecule has 0 radical (unpaired) electrons. The van der Waals surface area contributed by atoms with E-state index in [2.05, 4.69) is 6.92 Å². The van der Waals surface area contributed by atoms with E-state index in [1.807, 2.05) is 6.92 Å². The van der Waals surface area contributed by atoms with Crippen LogP contribution in [0.3, 0.4) is 0 Å². The van der Waals surface area contributed by atoms with Crippen LogP contribution in [-0.2, 0) is 9.59 Å². The predicted octanol–water partition coefficient (Wildman–Crippen LogP) is 2.89. The lowest BCUT2D eigenvalue weighted by Gasteiger charge is -2.63. The summed E-state index contributed by atoms with van der Waals surface area (Å²) in [5.41, 5.74) is -2.04. The molecule has 4 heteroatoms. The third-order valence-electron chi connectivity index (χ3n) is 9.05. The van der Waals surface area contributed by atoms with Crippen molar-refractivity contribution in [3.05, 3.63) is 0 Å². The summed E-state index contributed by atoms with van der Waals surface area (Å²) in [7, 11) is 0. The van der Waals surface area contributed by atoms with E-state index in [0.29, 0.717) is 18.8 Å². The molecular formula is C21H32O4. The molecule has 8 unspecified atom stereocenters. The Kier molecular flexibility index (Phi) is 3.81. The molecule has 4 rings (SSSR count). The van der Waals surface area contributed by atoms with E-state index in [1.54, 1.807) is 6.92 Å². The van der Waals surface area contributed by atoms with Gasteiger partial charge in [-0.1, -0.05) is 13.8 Å². The minimum absolute atomic E-state index is 0.0200. The number of ketones is 2. The molecule has 0 aromatic rings. The van der Waals surface area contributed by atoms with Gasteiger partial charge in [0, 0.05) is 24.2 Å². The molecule has 0 amide bonds. The molecule has 4 saturated carbocycles. The van der Waals surface area contributed by atoms with Crippen molar-refractivity contribution in [2.75, 3.05) is 0 Å². The first kappa shape index (κ1) is 17.7. The molecule has 0 spiro atoms. The van der Waals surface area contributed by atoms with E-state index in [-0.39, 0.29) is 40.8 Å². The van der Waals surface area contributed by atoms with Crippen LogP contribution < -0.4 is 0 Å². The Morgan fingerprint density at radius 2 is 1.76 bits per heavy atom. The Bertz CT molecular complexity index is 611. The Labute approximate surface area is 150 Å². The van der Waals surface area contributed by atoms with Gasteiger partial charge in [-0.3, -0.25) is 9.59 Å². The lowest BCUT2D eigenvalue weighted by Crippen LogP contribution is -2.66. The van der Waals surface area contributed by atoms with Crippen LogP contribution in [0.4, 0.5) is 0 Å². The Hall–Kier alpha value is -0.740. The minimum Gasteiger partial charge on any atom is -0.393 e. The van der Waals surface area contributed by atoms with E-state index in [4.69, 9.17) is 0 Å². The van der Waals surface area contributed by atoms with Crippen LogP contribution in [0.25, 0.3) is 0 Å². The molecule has 25 heavy (non-hydrogen) atoms. The zero-order valence-corrected chi connectivity index (χ0v) is 15.8. The zero-order valence-electron chi connectivity index (χ0n) is 15.8. The number of fused-ring (bicyclic) bond motifs is 5. The lowest BCUT2D eigenvalue weighted by atomic mass is 9.40. The fourth-order valence-electron chi connectivity index (χ4n) is 7.33. The molecule has 4 aliphatic carbocycles. The highest BCUT2D eigenvalue weighted by Crippen LogP contribution is 2.65. The summed E-state index contributed by atoms with van der Waals surface area (Å²) in [5.74, 6) is 1.15. The molecule has 4 aliphatic rings. The highest BCUT2D eigenvalue weighted by molar-refractivity contribution is 5.92. The first-order valence-corrected chi connectivity index (χ1v) is 10.1. The van der Waals surface area contributed by atoms with Crippen molar-refractivity contribution in [1.29, 1.82) is 0 Å². The van der Waals surface area contributed by atoms with Crippen molar-refractivity contribution >= 4 is 11.6 Å². The maximum absolute atomic E-state index is 13.3. The molecule has 8 atom stereocenters. The first-order chi connectivity index (χ1) is 11.6. The van der Waals surface area contributed by atoms with Gasteiger partial charge in [-0.05, 0) is 68.6 Å². The summed E-state index contributed by atoms with van der Waals surface area (Å²) >= 11 is 0. The van der Waals surface area contributed by atoms with Crippen molar-refractivity contribution < 1.29 is 19.8 Å². The van der Waals surface area contributed by atoms with Crippen LogP contribution in [0.2, 0.25) is 0 Å². The largest absolute Gasteiger partial charge is 0.393 e. The quantitative estimate of drug-likeness (QED) is 0.706. The maximum atomic E-state index is 13.3. The molecule has 0 heterocycles. The Morgan fingerprint density at radius 1 is 1.04 bits per heavy atom. The van der Waals surface area contributed by atoms with Crippen LogP contribution in [0.1, 0.15) is 72.1 Å². The third-order valence-corrected chi connectivity index (χ3v) is 9.05. The van der Waals surface area contributed by atoms with Gasteiger partial charge in [0.25, 0.3) is 0 Å². The third kappa shape index (κ3) is 2.19. The number of carbonyl (C=O) groups excluding carboxylic acids is 2. The minimum atomic E-state index is -1.39. The Balaban J connectivity index is 1.72. The van der Waals surface area contributed by atoms with Gasteiger partial charge in [-0.2, -0.15) is 0 Å². The van der Waals surface area contributed by atoms with Gasteiger partial charge >= 0.3 is 0 Å². The summed E-state index contributed by atoms with van der Waals surface area (Å²) in [6.07, 6.45) is 5.94. The fraction of sp³-hybridized carbons (Fsp3) is 0.905. The van der Waals surface area contributed by atoms with Crippen molar-refractivity contribution in [2.45, 2.75) is 83.8 Å². The van der Waals surface area contributed by atoms with Gasteiger partial charge in [0.05, 0.1) is 6.10 Å². The molecular weight excluding hydrogens is 316 g/mol. The molecule has 0 aromatic carbocycles.